The van der Waals surface area contributed by atoms with Gasteiger partial charge in [-0.1, -0.05) is 6.07 Å². The van der Waals surface area contributed by atoms with Crippen LogP contribution in [0.1, 0.15) is 12.3 Å². The molecule has 0 aliphatic carbocycles. The van der Waals surface area contributed by atoms with Crippen molar-refractivity contribution >= 4 is 29.0 Å². The van der Waals surface area contributed by atoms with Crippen LogP contribution in [0.5, 0.6) is 0 Å². The van der Waals surface area contributed by atoms with Crippen molar-refractivity contribution in [2.45, 2.75) is 31.0 Å². The van der Waals surface area contributed by atoms with E-state index in [2.05, 4.69) is 31.0 Å². The lowest BCUT2D eigenvalue weighted by Crippen LogP contribution is -2.58. The number of halogens is 1. The highest BCUT2D eigenvalue weighted by molar-refractivity contribution is 7.13. The van der Waals surface area contributed by atoms with Crippen molar-refractivity contribution in [2.24, 2.45) is 0 Å². The minimum Gasteiger partial charge on any atom is -0.420 e. The maximum atomic E-state index is 13.0. The Morgan fingerprint density at radius 1 is 1.28 bits per heavy atom. The van der Waals surface area contributed by atoms with E-state index in [1.54, 1.807) is 0 Å². The number of piperazine rings is 1. The molecule has 3 atom stereocenters. The fourth-order valence-corrected chi connectivity index (χ4v) is 4.84. The molecule has 2 saturated heterocycles. The highest BCUT2D eigenvalue weighted by atomic mass is 32.1. The Bertz CT molecular complexity index is 1100. The number of aromatic nitrogens is 2. The molecule has 5 rings (SSSR count). The molecule has 11 heteroatoms. The van der Waals surface area contributed by atoms with Gasteiger partial charge in [-0.05, 0) is 42.1 Å². The summed E-state index contributed by atoms with van der Waals surface area (Å²) in [6.45, 7) is 1.01. The molecule has 2 aliphatic heterocycles. The van der Waals surface area contributed by atoms with Gasteiger partial charge in [-0.25, -0.2) is 9.18 Å². The van der Waals surface area contributed by atoms with E-state index < -0.39 is 6.03 Å². The van der Waals surface area contributed by atoms with E-state index in [4.69, 9.17) is 4.42 Å². The molecule has 0 bridgehead atoms. The van der Waals surface area contributed by atoms with Crippen LogP contribution in [0.25, 0.3) is 10.8 Å². The van der Waals surface area contributed by atoms with Crippen molar-refractivity contribution in [3.8, 4) is 10.8 Å². The SMILES string of the molecule is O=C(Nc1ccc(F)cc1)N[C@H]1C[C@H]2C(=O)NC[C@@H](Cc3nnc(-c4cccs4)o3)N2C1. The normalized spacial score (nSPS) is 22.9. The second-order valence-corrected chi connectivity index (χ2v) is 8.78. The van der Waals surface area contributed by atoms with Gasteiger partial charge >= 0.3 is 6.03 Å². The molecule has 32 heavy (non-hydrogen) atoms. The van der Waals surface area contributed by atoms with Crippen LogP contribution in [0.4, 0.5) is 14.9 Å². The zero-order chi connectivity index (χ0) is 22.1. The van der Waals surface area contributed by atoms with Gasteiger partial charge in [0.25, 0.3) is 5.89 Å². The fraction of sp³-hybridized carbons (Fsp3) is 0.333. The maximum Gasteiger partial charge on any atom is 0.319 e. The number of carbonyl (C=O) groups excluding carboxylic acids is 2. The molecule has 0 unspecified atom stereocenters. The molecule has 3 aromatic rings. The standard InChI is InChI=1S/C21H21FN6O3S/c22-12-3-5-13(6-4-12)24-21(30)25-14-8-16-19(29)23-10-15(28(16)11-14)9-18-26-27-20(31-18)17-2-1-7-32-17/h1-7,14-16H,8-11H2,(H,23,29)(H2,24,25,30)/t14-,15+,16-/m0/s1. The number of hydrogen-bond acceptors (Lipinski definition) is 7. The zero-order valence-electron chi connectivity index (χ0n) is 17.0. The lowest BCUT2D eigenvalue weighted by atomic mass is 10.1. The van der Waals surface area contributed by atoms with Crippen molar-refractivity contribution in [3.05, 3.63) is 53.5 Å². The summed E-state index contributed by atoms with van der Waals surface area (Å²) in [6, 6.07) is 8.46. The number of amides is 3. The predicted octanol–water partition coefficient (Wildman–Crippen LogP) is 2.24. The number of benzene rings is 1. The van der Waals surface area contributed by atoms with Crippen molar-refractivity contribution < 1.29 is 18.4 Å². The molecule has 1 aromatic carbocycles. The molecule has 0 radical (unpaired) electrons. The summed E-state index contributed by atoms with van der Waals surface area (Å²) in [5, 5.41) is 18.8. The van der Waals surface area contributed by atoms with Crippen LogP contribution in [-0.4, -0.2) is 58.3 Å². The molecular formula is C21H21FN6O3S. The molecule has 0 spiro atoms. The molecule has 166 valence electrons. The van der Waals surface area contributed by atoms with E-state index in [1.807, 2.05) is 17.5 Å². The van der Waals surface area contributed by atoms with Gasteiger partial charge in [0.05, 0.1) is 10.9 Å². The Balaban J connectivity index is 1.21. The summed E-state index contributed by atoms with van der Waals surface area (Å²) in [5.74, 6) is 0.585. The van der Waals surface area contributed by atoms with Gasteiger partial charge in [0.15, 0.2) is 0 Å². The lowest BCUT2D eigenvalue weighted by molar-refractivity contribution is -0.129. The third-order valence-corrected chi connectivity index (χ3v) is 6.53. The van der Waals surface area contributed by atoms with Crippen LogP contribution in [0, 0.1) is 5.82 Å². The summed E-state index contributed by atoms with van der Waals surface area (Å²) < 4.78 is 18.9. The van der Waals surface area contributed by atoms with Gasteiger partial charge in [0, 0.05) is 37.3 Å². The number of fused-ring (bicyclic) bond motifs is 1. The van der Waals surface area contributed by atoms with E-state index in [0.29, 0.717) is 43.4 Å². The van der Waals surface area contributed by atoms with E-state index >= 15 is 0 Å². The van der Waals surface area contributed by atoms with Crippen molar-refractivity contribution in [2.75, 3.05) is 18.4 Å². The quantitative estimate of drug-likeness (QED) is 0.543. The minimum absolute atomic E-state index is 0.0127. The Morgan fingerprint density at radius 3 is 2.91 bits per heavy atom. The van der Waals surface area contributed by atoms with Crippen LogP contribution in [0.3, 0.4) is 0 Å². The molecule has 3 amide bonds. The highest BCUT2D eigenvalue weighted by Gasteiger charge is 2.44. The number of nitrogens with zero attached hydrogens (tertiary/aromatic N) is 3. The largest absolute Gasteiger partial charge is 0.420 e. The second-order valence-electron chi connectivity index (χ2n) is 7.83. The van der Waals surface area contributed by atoms with E-state index in [-0.39, 0.29) is 29.8 Å². The van der Waals surface area contributed by atoms with E-state index in [1.165, 1.54) is 35.6 Å². The Hall–Kier alpha value is -3.31. The summed E-state index contributed by atoms with van der Waals surface area (Å²) >= 11 is 1.53. The molecule has 2 aromatic heterocycles. The molecule has 9 nitrogen and oxygen atoms in total. The number of thiophene rings is 1. The number of hydrogen-bond donors (Lipinski definition) is 3. The Morgan fingerprint density at radius 2 is 2.12 bits per heavy atom. The molecule has 4 heterocycles. The first-order valence-electron chi connectivity index (χ1n) is 10.3. The summed E-state index contributed by atoms with van der Waals surface area (Å²) in [7, 11) is 0. The zero-order valence-corrected chi connectivity index (χ0v) is 17.8. The van der Waals surface area contributed by atoms with Crippen molar-refractivity contribution in [1.29, 1.82) is 0 Å². The van der Waals surface area contributed by atoms with Crippen LogP contribution in [0.15, 0.2) is 46.2 Å². The number of anilines is 1. The van der Waals surface area contributed by atoms with Crippen LogP contribution >= 0.6 is 11.3 Å². The van der Waals surface area contributed by atoms with Gasteiger partial charge in [-0.3, -0.25) is 9.69 Å². The minimum atomic E-state index is -0.393. The summed E-state index contributed by atoms with van der Waals surface area (Å²) in [6.07, 6.45) is 1.01. The monoisotopic (exact) mass is 456 g/mol. The van der Waals surface area contributed by atoms with Crippen LogP contribution in [0.2, 0.25) is 0 Å². The maximum absolute atomic E-state index is 13.0. The number of rotatable bonds is 5. The summed E-state index contributed by atoms with van der Waals surface area (Å²) in [5.41, 5.74) is 0.494. The molecular weight excluding hydrogens is 435 g/mol. The van der Waals surface area contributed by atoms with Crippen molar-refractivity contribution in [3.63, 3.8) is 0 Å². The van der Waals surface area contributed by atoms with Gasteiger partial charge < -0.3 is 20.4 Å². The van der Waals surface area contributed by atoms with Crippen molar-refractivity contribution in [1.82, 2.24) is 25.7 Å². The smallest absolute Gasteiger partial charge is 0.319 e. The van der Waals surface area contributed by atoms with Crippen LogP contribution < -0.4 is 16.0 Å². The third kappa shape index (κ3) is 4.34. The van der Waals surface area contributed by atoms with E-state index in [9.17, 15) is 14.0 Å². The highest BCUT2D eigenvalue weighted by Crippen LogP contribution is 2.27. The van der Waals surface area contributed by atoms with E-state index in [0.717, 1.165) is 4.88 Å². The predicted molar refractivity (Wildman–Crippen MR) is 116 cm³/mol. The van der Waals surface area contributed by atoms with Crippen LogP contribution in [-0.2, 0) is 11.2 Å². The molecule has 2 fully saturated rings. The fourth-order valence-electron chi connectivity index (χ4n) is 4.19. The Kier molecular flexibility index (Phi) is 5.58. The summed E-state index contributed by atoms with van der Waals surface area (Å²) in [4.78, 5) is 27.8. The molecule has 2 aliphatic rings. The average molecular weight is 457 g/mol. The third-order valence-electron chi connectivity index (χ3n) is 5.67. The van der Waals surface area contributed by atoms with Gasteiger partial charge in [-0.2, -0.15) is 0 Å². The van der Waals surface area contributed by atoms with Gasteiger partial charge in [0.1, 0.15) is 5.82 Å². The molecule has 3 N–H and O–H groups in total. The first-order valence-corrected chi connectivity index (χ1v) is 11.2. The number of urea groups is 1. The first kappa shape index (κ1) is 20.6. The first-order chi connectivity index (χ1) is 15.5. The number of carbonyl (C=O) groups is 2. The topological polar surface area (TPSA) is 112 Å². The lowest BCUT2D eigenvalue weighted by Gasteiger charge is -2.36. The van der Waals surface area contributed by atoms with Gasteiger partial charge in [0.2, 0.25) is 11.8 Å². The average Bonchev–Trinajstić information content (AvgIpc) is 3.52. The number of nitrogens with one attached hydrogen (secondary N) is 3. The molecule has 0 saturated carbocycles. The second kappa shape index (κ2) is 8.67. The Labute approximate surface area is 187 Å². The van der Waals surface area contributed by atoms with Gasteiger partial charge in [-0.15, -0.1) is 21.5 Å².